The third-order valence-corrected chi connectivity index (χ3v) is 4.83. The highest BCUT2D eigenvalue weighted by atomic mass is 35.5. The highest BCUT2D eigenvalue weighted by Gasteiger charge is 2.20. The molecule has 3 N–H and O–H groups in total. The molecule has 2 rings (SSSR count). The Bertz CT molecular complexity index is 787. The maximum absolute atomic E-state index is 13.1. The van der Waals surface area contributed by atoms with Gasteiger partial charge < -0.3 is 5.73 Å². The molecule has 0 heterocycles. The topological polar surface area (TPSA) is 72.2 Å². The first-order valence-electron chi connectivity index (χ1n) is 5.74. The van der Waals surface area contributed by atoms with Gasteiger partial charge in [-0.3, -0.25) is 4.72 Å². The molecule has 0 aromatic heterocycles. The van der Waals surface area contributed by atoms with Crippen LogP contribution in [0.4, 0.5) is 15.8 Å². The highest BCUT2D eigenvalue weighted by molar-refractivity contribution is 7.92. The van der Waals surface area contributed by atoms with Gasteiger partial charge in [-0.15, -0.1) is 0 Å². The molecule has 0 aliphatic heterocycles. The van der Waals surface area contributed by atoms with Crippen LogP contribution < -0.4 is 10.5 Å². The van der Waals surface area contributed by atoms with Crippen LogP contribution in [0.3, 0.4) is 0 Å². The zero-order valence-corrected chi connectivity index (χ0v) is 13.2. The lowest BCUT2D eigenvalue weighted by Gasteiger charge is -2.13. The Labute approximate surface area is 131 Å². The van der Waals surface area contributed by atoms with Gasteiger partial charge in [0.05, 0.1) is 20.6 Å². The van der Waals surface area contributed by atoms with E-state index in [1.807, 2.05) is 0 Å². The molecule has 0 saturated heterocycles. The molecule has 0 unspecified atom stereocenters. The van der Waals surface area contributed by atoms with Gasteiger partial charge in [0.1, 0.15) is 5.82 Å². The van der Waals surface area contributed by atoms with E-state index < -0.39 is 15.8 Å². The zero-order chi connectivity index (χ0) is 15.8. The van der Waals surface area contributed by atoms with Crippen molar-refractivity contribution >= 4 is 44.6 Å². The molecule has 0 amide bonds. The number of sulfonamides is 1. The zero-order valence-electron chi connectivity index (χ0n) is 10.8. The molecule has 0 fully saturated rings. The molecule has 2 aromatic carbocycles. The molecule has 4 nitrogen and oxygen atoms in total. The summed E-state index contributed by atoms with van der Waals surface area (Å²) in [7, 11) is -3.95. The SMILES string of the molecule is Cc1ccc(N)cc1S(=O)(=O)Nc1c(Cl)cc(F)cc1Cl. The minimum absolute atomic E-state index is 0.000965. The number of nitrogen functional groups attached to an aromatic ring is 1. The summed E-state index contributed by atoms with van der Waals surface area (Å²) in [6, 6.07) is 6.43. The van der Waals surface area contributed by atoms with Crippen LogP contribution in [0.2, 0.25) is 10.0 Å². The lowest BCUT2D eigenvalue weighted by Crippen LogP contribution is -2.15. The number of nitrogens with two attached hydrogens (primary N) is 1. The minimum Gasteiger partial charge on any atom is -0.399 e. The van der Waals surface area contributed by atoms with Crippen LogP contribution in [-0.4, -0.2) is 8.42 Å². The van der Waals surface area contributed by atoms with Crippen LogP contribution in [0.15, 0.2) is 35.2 Å². The number of hydrogen-bond acceptors (Lipinski definition) is 3. The van der Waals surface area contributed by atoms with E-state index in [2.05, 4.69) is 4.72 Å². The van der Waals surface area contributed by atoms with Crippen molar-refractivity contribution in [3.8, 4) is 0 Å². The Hall–Kier alpha value is -1.50. The Morgan fingerprint density at radius 2 is 1.71 bits per heavy atom. The van der Waals surface area contributed by atoms with Crippen molar-refractivity contribution in [1.29, 1.82) is 0 Å². The van der Waals surface area contributed by atoms with E-state index in [4.69, 9.17) is 28.9 Å². The number of anilines is 2. The second-order valence-corrected chi connectivity index (χ2v) is 6.84. The van der Waals surface area contributed by atoms with Gasteiger partial charge in [-0.05, 0) is 36.8 Å². The standard InChI is InChI=1S/C13H11Cl2FN2O2S/c1-7-2-3-9(17)6-12(7)21(19,20)18-13-10(14)4-8(16)5-11(13)15/h2-6,18H,17H2,1H3. The summed E-state index contributed by atoms with van der Waals surface area (Å²) < 4.78 is 40.1. The van der Waals surface area contributed by atoms with Gasteiger partial charge in [0.25, 0.3) is 10.0 Å². The summed E-state index contributed by atoms with van der Waals surface area (Å²) in [5, 5.41) is -0.268. The molecule has 21 heavy (non-hydrogen) atoms. The molecule has 0 aliphatic rings. The van der Waals surface area contributed by atoms with Crippen molar-refractivity contribution in [1.82, 2.24) is 0 Å². The van der Waals surface area contributed by atoms with Crippen molar-refractivity contribution in [2.24, 2.45) is 0 Å². The van der Waals surface area contributed by atoms with Crippen molar-refractivity contribution in [2.45, 2.75) is 11.8 Å². The molecule has 8 heteroatoms. The van der Waals surface area contributed by atoms with Crippen molar-refractivity contribution < 1.29 is 12.8 Å². The first-order valence-corrected chi connectivity index (χ1v) is 7.98. The number of aryl methyl sites for hydroxylation is 1. The molecule has 112 valence electrons. The van der Waals surface area contributed by atoms with E-state index in [-0.39, 0.29) is 20.6 Å². The van der Waals surface area contributed by atoms with Crippen LogP contribution in [-0.2, 0) is 10.0 Å². The van der Waals surface area contributed by atoms with E-state index in [1.165, 1.54) is 6.07 Å². The van der Waals surface area contributed by atoms with Crippen molar-refractivity contribution in [3.63, 3.8) is 0 Å². The maximum atomic E-state index is 13.1. The largest absolute Gasteiger partial charge is 0.399 e. The van der Waals surface area contributed by atoms with Gasteiger partial charge in [-0.2, -0.15) is 0 Å². The van der Waals surface area contributed by atoms with Gasteiger partial charge in [-0.1, -0.05) is 29.3 Å². The van der Waals surface area contributed by atoms with Gasteiger partial charge >= 0.3 is 0 Å². The molecule has 0 aliphatic carbocycles. The molecular formula is C13H11Cl2FN2O2S. The molecule has 2 aromatic rings. The Morgan fingerprint density at radius 3 is 2.29 bits per heavy atom. The minimum atomic E-state index is -3.95. The van der Waals surface area contributed by atoms with Gasteiger partial charge in [-0.25, -0.2) is 12.8 Å². The van der Waals surface area contributed by atoms with Gasteiger partial charge in [0.15, 0.2) is 0 Å². The van der Waals surface area contributed by atoms with E-state index in [9.17, 15) is 12.8 Å². The van der Waals surface area contributed by atoms with Crippen molar-refractivity contribution in [3.05, 3.63) is 51.8 Å². The van der Waals surface area contributed by atoms with E-state index in [0.29, 0.717) is 11.3 Å². The lowest BCUT2D eigenvalue weighted by molar-refractivity contribution is 0.600. The average molecular weight is 349 g/mol. The van der Waals surface area contributed by atoms with E-state index in [1.54, 1.807) is 19.1 Å². The second kappa shape index (κ2) is 5.71. The third kappa shape index (κ3) is 3.40. The maximum Gasteiger partial charge on any atom is 0.262 e. The third-order valence-electron chi connectivity index (χ3n) is 2.75. The molecule has 0 spiro atoms. The highest BCUT2D eigenvalue weighted by Crippen LogP contribution is 2.33. The average Bonchev–Trinajstić information content (AvgIpc) is 2.36. The number of hydrogen-bond donors (Lipinski definition) is 2. The molecular weight excluding hydrogens is 338 g/mol. The van der Waals surface area contributed by atoms with E-state index in [0.717, 1.165) is 12.1 Å². The number of nitrogens with one attached hydrogen (secondary N) is 1. The quantitative estimate of drug-likeness (QED) is 0.828. The second-order valence-electron chi connectivity index (χ2n) is 4.37. The van der Waals surface area contributed by atoms with Gasteiger partial charge in [0.2, 0.25) is 0 Å². The summed E-state index contributed by atoms with van der Waals surface area (Å²) in [6.45, 7) is 1.63. The Morgan fingerprint density at radius 1 is 1.14 bits per heavy atom. The van der Waals surface area contributed by atoms with Crippen LogP contribution in [0.1, 0.15) is 5.56 Å². The first-order chi connectivity index (χ1) is 9.70. The Balaban J connectivity index is 2.50. The number of rotatable bonds is 3. The fourth-order valence-electron chi connectivity index (χ4n) is 1.74. The van der Waals surface area contributed by atoms with Crippen molar-refractivity contribution in [2.75, 3.05) is 10.5 Å². The first kappa shape index (κ1) is 15.9. The monoisotopic (exact) mass is 348 g/mol. The lowest BCUT2D eigenvalue weighted by atomic mass is 10.2. The summed E-state index contributed by atoms with van der Waals surface area (Å²) in [5.41, 5.74) is 6.33. The van der Waals surface area contributed by atoms with Crippen LogP contribution in [0.5, 0.6) is 0 Å². The summed E-state index contributed by atoms with van der Waals surface area (Å²) in [5.74, 6) is -0.659. The predicted octanol–water partition coefficient (Wildman–Crippen LogP) is 3.82. The smallest absolute Gasteiger partial charge is 0.262 e. The van der Waals surface area contributed by atoms with E-state index >= 15 is 0 Å². The molecule has 0 bridgehead atoms. The summed E-state index contributed by atoms with van der Waals surface area (Å²) >= 11 is 11.6. The van der Waals surface area contributed by atoms with Crippen LogP contribution in [0.25, 0.3) is 0 Å². The normalized spacial score (nSPS) is 11.4. The Kier molecular flexibility index (Phi) is 4.32. The molecule has 0 saturated carbocycles. The van der Waals surface area contributed by atoms with Gasteiger partial charge in [0, 0.05) is 5.69 Å². The fraction of sp³-hybridized carbons (Fsp3) is 0.0769. The number of benzene rings is 2. The van der Waals surface area contributed by atoms with Crippen LogP contribution in [0, 0.1) is 12.7 Å². The number of halogens is 3. The molecule has 0 radical (unpaired) electrons. The van der Waals surface area contributed by atoms with Crippen LogP contribution >= 0.6 is 23.2 Å². The summed E-state index contributed by atoms with van der Waals surface area (Å²) in [4.78, 5) is -0.000965. The fourth-order valence-corrected chi connectivity index (χ4v) is 3.78. The summed E-state index contributed by atoms with van der Waals surface area (Å²) in [6.07, 6.45) is 0. The predicted molar refractivity (Wildman–Crippen MR) is 82.8 cm³/mol. The molecule has 0 atom stereocenters.